The van der Waals surface area contributed by atoms with Gasteiger partial charge >= 0.3 is 5.97 Å². The molecule has 3 aliphatic heterocycles. The number of benzene rings is 1. The van der Waals surface area contributed by atoms with E-state index in [1.165, 1.54) is 6.07 Å². The summed E-state index contributed by atoms with van der Waals surface area (Å²) in [5.74, 6) is 0.780. The lowest BCUT2D eigenvalue weighted by Crippen LogP contribution is -2.50. The molecule has 186 valence electrons. The third kappa shape index (κ3) is 4.14. The zero-order valence-corrected chi connectivity index (χ0v) is 20.3. The van der Waals surface area contributed by atoms with E-state index in [9.17, 15) is 14.7 Å². The highest BCUT2D eigenvalue weighted by Crippen LogP contribution is 2.45. The molecule has 1 aromatic heterocycles. The second kappa shape index (κ2) is 8.05. The van der Waals surface area contributed by atoms with Crippen molar-refractivity contribution < 1.29 is 28.5 Å². The maximum absolute atomic E-state index is 13.1. The van der Waals surface area contributed by atoms with Crippen LogP contribution < -0.4 is 21.2 Å². The first kappa shape index (κ1) is 23.3. The molecule has 5 rings (SSSR count). The van der Waals surface area contributed by atoms with Gasteiger partial charge in [0, 0.05) is 30.7 Å². The number of aromatic hydroxyl groups is 1. The number of aryl methyl sites for hydroxylation is 1. The third-order valence-corrected chi connectivity index (χ3v) is 7.02. The van der Waals surface area contributed by atoms with Crippen molar-refractivity contribution in [1.29, 1.82) is 0 Å². The summed E-state index contributed by atoms with van der Waals surface area (Å²) in [4.78, 5) is 25.6. The summed E-state index contributed by atoms with van der Waals surface area (Å²) in [5.41, 5.74) is 5.32. The van der Waals surface area contributed by atoms with Crippen LogP contribution in [0.1, 0.15) is 44.9 Å². The number of hydrogen-bond donors (Lipinski definition) is 3. The van der Waals surface area contributed by atoms with Crippen molar-refractivity contribution in [2.75, 3.05) is 6.54 Å². The molecule has 3 unspecified atom stereocenters. The molecule has 0 aliphatic carbocycles. The van der Waals surface area contributed by atoms with Crippen molar-refractivity contribution in [2.45, 2.75) is 70.4 Å². The molecule has 0 saturated carbocycles. The number of phenolic OH excluding ortho intramolecular Hbond substituents is 1. The van der Waals surface area contributed by atoms with Gasteiger partial charge in [0.25, 0.3) is 0 Å². The molecular weight excluding hydrogens is 452 g/mol. The Labute approximate surface area is 202 Å². The Morgan fingerprint density at radius 1 is 1.31 bits per heavy atom. The van der Waals surface area contributed by atoms with E-state index in [1.807, 2.05) is 19.9 Å². The van der Waals surface area contributed by atoms with E-state index < -0.39 is 23.3 Å². The van der Waals surface area contributed by atoms with Crippen LogP contribution in [-0.2, 0) is 20.7 Å². The first-order valence-electron chi connectivity index (χ1n) is 11.8. The summed E-state index contributed by atoms with van der Waals surface area (Å²) in [6.07, 6.45) is 4.59. The predicted molar refractivity (Wildman–Crippen MR) is 128 cm³/mol. The average molecular weight is 483 g/mol. The fourth-order valence-electron chi connectivity index (χ4n) is 4.80. The van der Waals surface area contributed by atoms with Crippen LogP contribution in [0.5, 0.6) is 11.5 Å². The molecule has 1 aromatic carbocycles. The van der Waals surface area contributed by atoms with Gasteiger partial charge in [0.2, 0.25) is 0 Å². The molecule has 4 heterocycles. The number of carbonyl (C=O) groups is 1. The minimum absolute atomic E-state index is 0.0854. The van der Waals surface area contributed by atoms with Gasteiger partial charge in [-0.2, -0.15) is 0 Å². The number of dihydropyridines is 1. The molecule has 0 amide bonds. The largest absolute Gasteiger partial charge is 0.507 e. The fourth-order valence-corrected chi connectivity index (χ4v) is 4.80. The number of hydrogen-bond acceptors (Lipinski definition) is 9. The highest BCUT2D eigenvalue weighted by molar-refractivity contribution is 5.87. The van der Waals surface area contributed by atoms with E-state index in [4.69, 9.17) is 24.4 Å². The number of fused-ring (bicyclic) bond motifs is 2. The Morgan fingerprint density at radius 3 is 2.83 bits per heavy atom. The van der Waals surface area contributed by atoms with Gasteiger partial charge in [0.15, 0.2) is 11.0 Å². The van der Waals surface area contributed by atoms with Crippen LogP contribution in [-0.4, -0.2) is 41.0 Å². The minimum Gasteiger partial charge on any atom is -0.507 e. The summed E-state index contributed by atoms with van der Waals surface area (Å²) >= 11 is 0. The van der Waals surface area contributed by atoms with Crippen LogP contribution in [0.2, 0.25) is 0 Å². The molecular formula is C26H30N2O7. The summed E-state index contributed by atoms with van der Waals surface area (Å²) in [6.45, 7) is 7.71. The van der Waals surface area contributed by atoms with Gasteiger partial charge in [-0.1, -0.05) is 6.08 Å². The van der Waals surface area contributed by atoms with Crippen LogP contribution in [0, 0.1) is 6.92 Å². The zero-order chi connectivity index (χ0) is 25.1. The third-order valence-electron chi connectivity index (χ3n) is 7.02. The molecule has 9 heteroatoms. The highest BCUT2D eigenvalue weighted by Gasteiger charge is 2.60. The lowest BCUT2D eigenvalue weighted by molar-refractivity contribution is -0.166. The molecule has 0 radical (unpaired) electrons. The maximum Gasteiger partial charge on any atom is 0.341 e. The first-order valence-corrected chi connectivity index (χ1v) is 11.8. The number of carbonyl (C=O) groups excluding carboxylic acids is 1. The van der Waals surface area contributed by atoms with Gasteiger partial charge in [-0.25, -0.2) is 4.79 Å². The molecule has 1 fully saturated rings. The van der Waals surface area contributed by atoms with Crippen molar-refractivity contribution >= 4 is 16.9 Å². The maximum atomic E-state index is 13.1. The van der Waals surface area contributed by atoms with Crippen molar-refractivity contribution in [3.8, 4) is 11.5 Å². The quantitative estimate of drug-likeness (QED) is 0.434. The molecule has 1 saturated heterocycles. The number of rotatable bonds is 5. The van der Waals surface area contributed by atoms with E-state index >= 15 is 0 Å². The van der Waals surface area contributed by atoms with Crippen molar-refractivity contribution in [3.63, 3.8) is 0 Å². The molecule has 4 N–H and O–H groups in total. The van der Waals surface area contributed by atoms with Crippen LogP contribution in [0.15, 0.2) is 44.9 Å². The van der Waals surface area contributed by atoms with Crippen molar-refractivity contribution in [3.05, 3.63) is 57.2 Å². The molecule has 3 atom stereocenters. The predicted octanol–water partition coefficient (Wildman–Crippen LogP) is 2.70. The SMILES string of the molecule is Cc1cc(=O)c2c(O)c3c(cc2o1)OC(C)(C)C(OC(=O)C1(C)OC1CCC1=CCNC(N)=C1)C3. The minimum atomic E-state index is -1.04. The van der Waals surface area contributed by atoms with Gasteiger partial charge < -0.3 is 34.8 Å². The highest BCUT2D eigenvalue weighted by atomic mass is 16.7. The number of nitrogens with one attached hydrogen (secondary N) is 1. The van der Waals surface area contributed by atoms with Crippen molar-refractivity contribution in [2.24, 2.45) is 5.73 Å². The molecule has 9 nitrogen and oxygen atoms in total. The lowest BCUT2D eigenvalue weighted by Gasteiger charge is -2.39. The molecule has 35 heavy (non-hydrogen) atoms. The van der Waals surface area contributed by atoms with Crippen LogP contribution >= 0.6 is 0 Å². The molecule has 0 bridgehead atoms. The Kier molecular flexibility index (Phi) is 5.36. The van der Waals surface area contributed by atoms with Gasteiger partial charge in [-0.05, 0) is 52.2 Å². The van der Waals surface area contributed by atoms with Crippen LogP contribution in [0.3, 0.4) is 0 Å². The Hall–Kier alpha value is -3.46. The number of phenols is 1. The van der Waals surface area contributed by atoms with Gasteiger partial charge in [0.1, 0.15) is 39.9 Å². The standard InChI is InChI=1S/C26H30N2O7/c1-13-9-16(29)22-18(32-13)12-17-15(23(22)30)11-20(25(2,3)34-17)33-24(31)26(4)19(35-26)6-5-14-7-8-28-21(27)10-14/h7,9-10,12,19-20,28,30H,5-6,8,11,27H2,1-4H3. The van der Waals surface area contributed by atoms with Gasteiger partial charge in [-0.3, -0.25) is 4.79 Å². The van der Waals surface area contributed by atoms with Gasteiger partial charge in [-0.15, -0.1) is 0 Å². The summed E-state index contributed by atoms with van der Waals surface area (Å²) in [5, 5.41) is 14.0. The second-order valence-corrected chi connectivity index (χ2v) is 10.1. The smallest absolute Gasteiger partial charge is 0.341 e. The number of nitrogens with two attached hydrogens (primary N) is 1. The summed E-state index contributed by atoms with van der Waals surface area (Å²) < 4.78 is 23.4. The Balaban J connectivity index is 1.32. The summed E-state index contributed by atoms with van der Waals surface area (Å²) in [7, 11) is 0. The van der Waals surface area contributed by atoms with Crippen LogP contribution in [0.25, 0.3) is 11.0 Å². The number of allylic oxidation sites excluding steroid dienone is 2. The second-order valence-electron chi connectivity index (χ2n) is 10.1. The van der Waals surface area contributed by atoms with Crippen molar-refractivity contribution in [1.82, 2.24) is 5.32 Å². The average Bonchev–Trinajstić information content (AvgIpc) is 3.44. The topological polar surface area (TPSA) is 137 Å². The van der Waals surface area contributed by atoms with Gasteiger partial charge in [0.05, 0.1) is 11.9 Å². The van der Waals surface area contributed by atoms with Crippen LogP contribution in [0.4, 0.5) is 0 Å². The first-order chi connectivity index (χ1) is 16.5. The van der Waals surface area contributed by atoms with E-state index in [-0.39, 0.29) is 34.7 Å². The normalized spacial score (nSPS) is 26.6. The Morgan fingerprint density at radius 2 is 2.09 bits per heavy atom. The zero-order valence-electron chi connectivity index (χ0n) is 20.3. The number of epoxide rings is 1. The van der Waals surface area contributed by atoms with E-state index in [0.717, 1.165) is 12.0 Å². The number of ether oxygens (including phenoxy) is 3. The Bertz CT molecular complexity index is 1340. The summed E-state index contributed by atoms with van der Waals surface area (Å²) in [6, 6.07) is 2.94. The van der Waals surface area contributed by atoms with E-state index in [2.05, 4.69) is 11.4 Å². The van der Waals surface area contributed by atoms with E-state index in [0.29, 0.717) is 35.9 Å². The molecule has 0 spiro atoms. The lowest BCUT2D eigenvalue weighted by atomic mass is 9.89. The van der Waals surface area contributed by atoms with E-state index in [1.54, 1.807) is 19.9 Å². The molecule has 2 aromatic rings. The molecule has 3 aliphatic rings. The monoisotopic (exact) mass is 482 g/mol. The fraction of sp³-hybridized carbons (Fsp3) is 0.462. The number of esters is 1.